The molecule has 6 rings (SSSR count). The van der Waals surface area contributed by atoms with E-state index in [0.717, 1.165) is 75.1 Å². The number of ether oxygens (including phenoxy) is 4. The number of rotatable bonds is 0. The molecule has 0 spiro atoms. The van der Waals surface area contributed by atoms with Crippen LogP contribution < -0.4 is 18.9 Å². The van der Waals surface area contributed by atoms with Gasteiger partial charge in [-0.05, 0) is 74.2 Å². The van der Waals surface area contributed by atoms with E-state index in [1.165, 1.54) is 77.0 Å². The summed E-state index contributed by atoms with van der Waals surface area (Å²) in [5.41, 5.74) is 0. The molecule has 4 heterocycles. The minimum Gasteiger partial charge on any atom is -0.494 e. The van der Waals surface area contributed by atoms with Crippen molar-refractivity contribution in [2.45, 2.75) is 103 Å². The third kappa shape index (κ3) is 13.1. The Morgan fingerprint density at radius 3 is 0.611 bits per heavy atom. The molecule has 0 saturated heterocycles. The van der Waals surface area contributed by atoms with Gasteiger partial charge in [-0.25, -0.2) is 0 Å². The highest BCUT2D eigenvalue weighted by Crippen LogP contribution is 2.20. The quantitative estimate of drug-likeness (QED) is 0.364. The molecule has 0 aromatic heterocycles. The van der Waals surface area contributed by atoms with Crippen molar-refractivity contribution in [3.05, 3.63) is 48.5 Å². The molecule has 0 aliphatic carbocycles. The van der Waals surface area contributed by atoms with Gasteiger partial charge in [0.05, 0.1) is 26.4 Å². The highest BCUT2D eigenvalue weighted by molar-refractivity contribution is 5.32. The summed E-state index contributed by atoms with van der Waals surface area (Å²) in [6.07, 6.45) is 19.9. The molecule has 4 heteroatoms. The largest absolute Gasteiger partial charge is 0.494 e. The van der Waals surface area contributed by atoms with E-state index in [9.17, 15) is 0 Å². The molecule has 4 bridgehead atoms. The fraction of sp³-hybridized carbons (Fsp3) is 0.625. The second kappa shape index (κ2) is 18.8. The van der Waals surface area contributed by atoms with Gasteiger partial charge in [-0.2, -0.15) is 0 Å². The van der Waals surface area contributed by atoms with E-state index in [1.807, 2.05) is 48.5 Å². The molecular formula is C32H48O4. The molecule has 4 nitrogen and oxygen atoms in total. The van der Waals surface area contributed by atoms with Crippen molar-refractivity contribution in [3.63, 3.8) is 0 Å². The Morgan fingerprint density at radius 2 is 0.417 bits per heavy atom. The maximum Gasteiger partial charge on any atom is 0.119 e. The van der Waals surface area contributed by atoms with Crippen LogP contribution >= 0.6 is 0 Å². The van der Waals surface area contributed by atoms with Crippen LogP contribution in [-0.4, -0.2) is 26.4 Å². The highest BCUT2D eigenvalue weighted by Gasteiger charge is 2.00. The van der Waals surface area contributed by atoms with Crippen molar-refractivity contribution in [2.75, 3.05) is 26.4 Å². The zero-order valence-corrected chi connectivity index (χ0v) is 22.4. The predicted octanol–water partition coefficient (Wildman–Crippen LogP) is 9.16. The molecule has 0 amide bonds. The van der Waals surface area contributed by atoms with Gasteiger partial charge in [0.25, 0.3) is 0 Å². The van der Waals surface area contributed by atoms with Crippen LogP contribution in [0.1, 0.15) is 103 Å². The van der Waals surface area contributed by atoms with Gasteiger partial charge in [0, 0.05) is 0 Å². The summed E-state index contributed by atoms with van der Waals surface area (Å²) in [6.45, 7) is 3.19. The van der Waals surface area contributed by atoms with Gasteiger partial charge in [-0.3, -0.25) is 0 Å². The fourth-order valence-electron chi connectivity index (χ4n) is 4.55. The van der Waals surface area contributed by atoms with E-state index < -0.39 is 0 Å². The Balaban J connectivity index is 1.33. The highest BCUT2D eigenvalue weighted by atomic mass is 16.5. The van der Waals surface area contributed by atoms with Crippen LogP contribution in [0.3, 0.4) is 0 Å². The fourth-order valence-corrected chi connectivity index (χ4v) is 4.55. The maximum atomic E-state index is 5.90. The van der Waals surface area contributed by atoms with Crippen molar-refractivity contribution in [3.8, 4) is 23.0 Å². The first-order valence-corrected chi connectivity index (χ1v) is 14.6. The minimum absolute atomic E-state index is 0.796. The number of hydrogen-bond donors (Lipinski definition) is 0. The van der Waals surface area contributed by atoms with Crippen LogP contribution in [0.4, 0.5) is 0 Å². The normalized spacial score (nSPS) is 18.9. The van der Waals surface area contributed by atoms with E-state index in [2.05, 4.69) is 0 Å². The third-order valence-corrected chi connectivity index (χ3v) is 6.80. The summed E-state index contributed by atoms with van der Waals surface area (Å²) in [5, 5.41) is 0. The van der Waals surface area contributed by atoms with Gasteiger partial charge >= 0.3 is 0 Å². The number of benzene rings is 2. The summed E-state index contributed by atoms with van der Waals surface area (Å²) < 4.78 is 23.6. The topological polar surface area (TPSA) is 36.9 Å². The Bertz CT molecular complexity index is 638. The Morgan fingerprint density at radius 1 is 0.250 bits per heavy atom. The SMILES string of the molecule is c1cc2ccc1OCCCCCCCCCCOc1ccc(cc1)OCCCCCCCCCCO2. The lowest BCUT2D eigenvalue weighted by atomic mass is 10.1. The summed E-state index contributed by atoms with van der Waals surface area (Å²) >= 11 is 0. The van der Waals surface area contributed by atoms with Crippen LogP contribution in [0.15, 0.2) is 48.5 Å². The van der Waals surface area contributed by atoms with Crippen LogP contribution in [0.2, 0.25) is 0 Å². The molecule has 36 heavy (non-hydrogen) atoms. The van der Waals surface area contributed by atoms with Gasteiger partial charge in [0.1, 0.15) is 23.0 Å². The predicted molar refractivity (Wildman–Crippen MR) is 149 cm³/mol. The standard InChI is InChI=1S/C32H48O4/c1-2-6-10-14-26-34-30-21-23-32(24-22-30)36-28-16-12-8-4-3-7-11-15-27-35-31-19-17-29(18-20-31)33-25-13-9-5-1/h17-24H,1-16,25-28H2. The van der Waals surface area contributed by atoms with Crippen molar-refractivity contribution < 1.29 is 18.9 Å². The van der Waals surface area contributed by atoms with Gasteiger partial charge in [0.15, 0.2) is 0 Å². The first-order chi connectivity index (χ1) is 17.9. The molecule has 2 aromatic carbocycles. The minimum atomic E-state index is 0.796. The lowest BCUT2D eigenvalue weighted by Crippen LogP contribution is -1.99. The number of hydrogen-bond acceptors (Lipinski definition) is 4. The summed E-state index contributed by atoms with van der Waals surface area (Å²) in [5.74, 6) is 3.77. The monoisotopic (exact) mass is 496 g/mol. The van der Waals surface area contributed by atoms with Crippen LogP contribution in [0.5, 0.6) is 23.0 Å². The molecule has 0 saturated carbocycles. The zero-order chi connectivity index (χ0) is 24.9. The Kier molecular flexibility index (Phi) is 14.8. The van der Waals surface area contributed by atoms with Gasteiger partial charge in [-0.15, -0.1) is 0 Å². The molecule has 0 atom stereocenters. The summed E-state index contributed by atoms with van der Waals surface area (Å²) in [4.78, 5) is 0. The summed E-state index contributed by atoms with van der Waals surface area (Å²) in [7, 11) is 0. The Labute approximate surface area is 219 Å². The lowest BCUT2D eigenvalue weighted by Gasteiger charge is -2.10. The van der Waals surface area contributed by atoms with E-state index >= 15 is 0 Å². The zero-order valence-electron chi connectivity index (χ0n) is 22.4. The summed E-state index contributed by atoms with van der Waals surface area (Å²) in [6, 6.07) is 16.2. The first kappa shape index (κ1) is 28.2. The van der Waals surface area contributed by atoms with Crippen LogP contribution in [-0.2, 0) is 0 Å². The molecular weight excluding hydrogens is 448 g/mol. The average Bonchev–Trinajstić information content (AvgIpc) is 2.91. The van der Waals surface area contributed by atoms with Crippen molar-refractivity contribution in [1.29, 1.82) is 0 Å². The van der Waals surface area contributed by atoms with E-state index in [-0.39, 0.29) is 0 Å². The van der Waals surface area contributed by atoms with E-state index in [0.29, 0.717) is 0 Å². The smallest absolute Gasteiger partial charge is 0.119 e. The molecule has 200 valence electrons. The van der Waals surface area contributed by atoms with Crippen molar-refractivity contribution in [1.82, 2.24) is 0 Å². The average molecular weight is 497 g/mol. The molecule has 0 radical (unpaired) electrons. The molecule has 4 aliphatic heterocycles. The van der Waals surface area contributed by atoms with E-state index in [1.54, 1.807) is 0 Å². The van der Waals surface area contributed by atoms with Gasteiger partial charge < -0.3 is 18.9 Å². The molecule has 0 N–H and O–H groups in total. The molecule has 4 aliphatic rings. The van der Waals surface area contributed by atoms with Gasteiger partial charge in [-0.1, -0.05) is 77.0 Å². The van der Waals surface area contributed by atoms with Crippen LogP contribution in [0, 0.1) is 0 Å². The van der Waals surface area contributed by atoms with Gasteiger partial charge in [0.2, 0.25) is 0 Å². The first-order valence-electron chi connectivity index (χ1n) is 14.6. The second-order valence-electron chi connectivity index (χ2n) is 9.99. The molecule has 0 fully saturated rings. The van der Waals surface area contributed by atoms with E-state index in [4.69, 9.17) is 18.9 Å². The third-order valence-electron chi connectivity index (χ3n) is 6.80. The Hall–Kier alpha value is -2.36. The lowest BCUT2D eigenvalue weighted by molar-refractivity contribution is 0.293. The molecule has 0 unspecified atom stereocenters. The van der Waals surface area contributed by atoms with Crippen molar-refractivity contribution in [2.24, 2.45) is 0 Å². The second-order valence-corrected chi connectivity index (χ2v) is 9.99. The molecule has 2 aromatic rings. The van der Waals surface area contributed by atoms with Crippen molar-refractivity contribution >= 4 is 0 Å². The van der Waals surface area contributed by atoms with Crippen LogP contribution in [0.25, 0.3) is 0 Å². The maximum absolute atomic E-state index is 5.90.